The Bertz CT molecular complexity index is 518. The van der Waals surface area contributed by atoms with Crippen molar-refractivity contribution < 1.29 is 9.53 Å². The van der Waals surface area contributed by atoms with E-state index in [0.717, 1.165) is 29.8 Å². The number of ether oxygens (including phenoxy) is 1. The third kappa shape index (κ3) is 3.61. The second kappa shape index (κ2) is 7.14. The van der Waals surface area contributed by atoms with E-state index in [9.17, 15) is 4.79 Å². The monoisotopic (exact) mass is 304 g/mol. The highest BCUT2D eigenvalue weighted by molar-refractivity contribution is 5.97. The molecule has 1 N–H and O–H groups in total. The summed E-state index contributed by atoms with van der Waals surface area (Å²) in [7, 11) is 1.67. The number of fused-ring (bicyclic) bond motifs is 1. The fraction of sp³-hybridized carbons (Fsp3) is 0.611. The maximum Gasteiger partial charge on any atom is 0.251 e. The summed E-state index contributed by atoms with van der Waals surface area (Å²) in [6.45, 7) is 10.7. The summed E-state index contributed by atoms with van der Waals surface area (Å²) in [6.07, 6.45) is 1.04. The van der Waals surface area contributed by atoms with Gasteiger partial charge in [0.1, 0.15) is 5.75 Å². The van der Waals surface area contributed by atoms with Crippen LogP contribution in [0.15, 0.2) is 18.2 Å². The Labute approximate surface area is 133 Å². The molecule has 22 heavy (non-hydrogen) atoms. The third-order valence-corrected chi connectivity index (χ3v) is 4.51. The summed E-state index contributed by atoms with van der Waals surface area (Å²) in [5, 5.41) is 3.01. The van der Waals surface area contributed by atoms with Crippen molar-refractivity contribution in [3.63, 3.8) is 0 Å². The summed E-state index contributed by atoms with van der Waals surface area (Å²) < 4.78 is 5.32. The fourth-order valence-corrected chi connectivity index (χ4v) is 3.31. The highest BCUT2D eigenvalue weighted by Gasteiger charge is 2.26. The molecule has 122 valence electrons. The van der Waals surface area contributed by atoms with Gasteiger partial charge in [-0.2, -0.15) is 0 Å². The highest BCUT2D eigenvalue weighted by atomic mass is 16.5. The van der Waals surface area contributed by atoms with Crippen LogP contribution in [-0.2, 0) is 0 Å². The summed E-state index contributed by atoms with van der Waals surface area (Å²) >= 11 is 0. The summed E-state index contributed by atoms with van der Waals surface area (Å²) in [5.41, 5.74) is 1.91. The largest absolute Gasteiger partial charge is 0.497 e. The van der Waals surface area contributed by atoms with Gasteiger partial charge >= 0.3 is 0 Å². The molecule has 1 amide bonds. The van der Waals surface area contributed by atoms with E-state index in [2.05, 4.69) is 37.9 Å². The Morgan fingerprint density at radius 2 is 1.95 bits per heavy atom. The Kier molecular flexibility index (Phi) is 5.46. The average Bonchev–Trinajstić information content (AvgIpc) is 2.48. The van der Waals surface area contributed by atoms with Crippen LogP contribution in [0.25, 0.3) is 0 Å². The molecule has 1 heterocycles. The number of nitrogens with one attached hydrogen (secondary N) is 1. The van der Waals surface area contributed by atoms with E-state index >= 15 is 0 Å². The number of nitrogens with zero attached hydrogens (tertiary/aromatic N) is 1. The molecule has 0 bridgehead atoms. The van der Waals surface area contributed by atoms with Crippen molar-refractivity contribution in [3.8, 4) is 5.75 Å². The maximum absolute atomic E-state index is 12.0. The predicted octanol–water partition coefficient (Wildman–Crippen LogP) is 3.03. The lowest BCUT2D eigenvalue weighted by Gasteiger charge is -2.33. The quantitative estimate of drug-likeness (QED) is 0.878. The van der Waals surface area contributed by atoms with Crippen molar-refractivity contribution in [3.05, 3.63) is 29.3 Å². The normalized spacial score (nSPS) is 17.8. The molecule has 1 aromatic rings. The SMILES string of the molecule is COc1ccc2c(c1)C(CCN(C(C)C)C(C)C)CNC2=O. The second-order valence-corrected chi connectivity index (χ2v) is 6.57. The molecular formula is C18H28N2O2. The molecule has 1 aliphatic heterocycles. The summed E-state index contributed by atoms with van der Waals surface area (Å²) in [4.78, 5) is 14.5. The molecule has 1 aliphatic rings. The standard InChI is InChI=1S/C18H28N2O2/c1-12(2)20(13(3)4)9-8-14-11-19-18(21)16-7-6-15(22-5)10-17(14)16/h6-7,10,12-14H,8-9,11H2,1-5H3,(H,19,21). The van der Waals surface area contributed by atoms with E-state index < -0.39 is 0 Å². The van der Waals surface area contributed by atoms with Gasteiger partial charge in [0.05, 0.1) is 7.11 Å². The first kappa shape index (κ1) is 16.8. The van der Waals surface area contributed by atoms with Gasteiger partial charge in [-0.1, -0.05) is 0 Å². The Morgan fingerprint density at radius 3 is 2.55 bits per heavy atom. The molecule has 0 saturated heterocycles. The number of rotatable bonds is 6. The predicted molar refractivity (Wildman–Crippen MR) is 89.7 cm³/mol. The first-order valence-electron chi connectivity index (χ1n) is 8.16. The van der Waals surface area contributed by atoms with Gasteiger partial charge in [0.15, 0.2) is 0 Å². The van der Waals surface area contributed by atoms with Crippen molar-refractivity contribution in [2.75, 3.05) is 20.2 Å². The summed E-state index contributed by atoms with van der Waals surface area (Å²) in [6, 6.07) is 6.81. The zero-order valence-corrected chi connectivity index (χ0v) is 14.3. The van der Waals surface area contributed by atoms with E-state index in [1.807, 2.05) is 18.2 Å². The minimum atomic E-state index is 0.0264. The molecule has 4 heteroatoms. The zero-order chi connectivity index (χ0) is 16.3. The molecule has 1 unspecified atom stereocenters. The van der Waals surface area contributed by atoms with Crippen LogP contribution in [0.5, 0.6) is 5.75 Å². The number of amides is 1. The van der Waals surface area contributed by atoms with Crippen LogP contribution >= 0.6 is 0 Å². The third-order valence-electron chi connectivity index (χ3n) is 4.51. The molecular weight excluding hydrogens is 276 g/mol. The maximum atomic E-state index is 12.0. The van der Waals surface area contributed by atoms with Crippen molar-refractivity contribution in [2.24, 2.45) is 0 Å². The lowest BCUT2D eigenvalue weighted by molar-refractivity contribution is 0.0935. The molecule has 4 nitrogen and oxygen atoms in total. The van der Waals surface area contributed by atoms with Crippen molar-refractivity contribution in [1.82, 2.24) is 10.2 Å². The molecule has 2 rings (SSSR count). The number of carbonyl (C=O) groups excluding carboxylic acids is 1. The molecule has 0 radical (unpaired) electrons. The molecule has 0 aliphatic carbocycles. The first-order valence-corrected chi connectivity index (χ1v) is 8.16. The molecule has 0 spiro atoms. The van der Waals surface area contributed by atoms with Crippen molar-refractivity contribution in [1.29, 1.82) is 0 Å². The van der Waals surface area contributed by atoms with Crippen LogP contribution in [0.1, 0.15) is 56.0 Å². The lowest BCUT2D eigenvalue weighted by atomic mass is 9.87. The van der Waals surface area contributed by atoms with E-state index in [-0.39, 0.29) is 5.91 Å². The zero-order valence-electron chi connectivity index (χ0n) is 14.3. The van der Waals surface area contributed by atoms with Gasteiger partial charge in [0.2, 0.25) is 0 Å². The number of benzene rings is 1. The Hall–Kier alpha value is -1.55. The van der Waals surface area contributed by atoms with Crippen LogP contribution in [-0.4, -0.2) is 43.1 Å². The fourth-order valence-electron chi connectivity index (χ4n) is 3.31. The number of hydrogen-bond donors (Lipinski definition) is 1. The van der Waals surface area contributed by atoms with Crippen molar-refractivity contribution >= 4 is 5.91 Å². The lowest BCUT2D eigenvalue weighted by Crippen LogP contribution is -2.40. The second-order valence-electron chi connectivity index (χ2n) is 6.57. The van der Waals surface area contributed by atoms with Gasteiger partial charge in [0, 0.05) is 30.1 Å². The van der Waals surface area contributed by atoms with Crippen LogP contribution in [0.3, 0.4) is 0 Å². The van der Waals surface area contributed by atoms with Crippen LogP contribution < -0.4 is 10.1 Å². The topological polar surface area (TPSA) is 41.6 Å². The van der Waals surface area contributed by atoms with Gasteiger partial charge < -0.3 is 10.1 Å². The number of methoxy groups -OCH3 is 1. The van der Waals surface area contributed by atoms with E-state index in [4.69, 9.17) is 4.74 Å². The van der Waals surface area contributed by atoms with Crippen LogP contribution in [0, 0.1) is 0 Å². The molecule has 1 atom stereocenters. The van der Waals surface area contributed by atoms with Gasteiger partial charge in [-0.25, -0.2) is 0 Å². The van der Waals surface area contributed by atoms with Gasteiger partial charge in [-0.15, -0.1) is 0 Å². The smallest absolute Gasteiger partial charge is 0.251 e. The van der Waals surface area contributed by atoms with E-state index in [1.54, 1.807) is 7.11 Å². The van der Waals surface area contributed by atoms with Gasteiger partial charge in [-0.05, 0) is 64.4 Å². The minimum Gasteiger partial charge on any atom is -0.497 e. The van der Waals surface area contributed by atoms with Crippen molar-refractivity contribution in [2.45, 2.75) is 52.1 Å². The Balaban J connectivity index is 2.16. The van der Waals surface area contributed by atoms with E-state index in [1.165, 1.54) is 0 Å². The van der Waals surface area contributed by atoms with Gasteiger partial charge in [0.25, 0.3) is 5.91 Å². The van der Waals surface area contributed by atoms with Gasteiger partial charge in [-0.3, -0.25) is 9.69 Å². The van der Waals surface area contributed by atoms with Crippen LogP contribution in [0.4, 0.5) is 0 Å². The Morgan fingerprint density at radius 1 is 1.27 bits per heavy atom. The minimum absolute atomic E-state index is 0.0264. The molecule has 1 aromatic carbocycles. The molecule has 0 saturated carbocycles. The number of hydrogen-bond acceptors (Lipinski definition) is 3. The summed E-state index contributed by atoms with van der Waals surface area (Å²) in [5.74, 6) is 1.20. The van der Waals surface area contributed by atoms with E-state index in [0.29, 0.717) is 24.5 Å². The first-order chi connectivity index (χ1) is 10.4. The molecule has 0 fully saturated rings. The number of carbonyl (C=O) groups is 1. The average molecular weight is 304 g/mol. The van der Waals surface area contributed by atoms with Crippen LogP contribution in [0.2, 0.25) is 0 Å². The highest BCUT2D eigenvalue weighted by Crippen LogP contribution is 2.30. The molecule has 0 aromatic heterocycles.